The number of carbonyl (C=O) groups excluding carboxylic acids is 1. The molecule has 2 heterocycles. The molecule has 7 nitrogen and oxygen atoms in total. The summed E-state index contributed by atoms with van der Waals surface area (Å²) in [5, 5.41) is 0. The molecule has 1 atom stereocenters. The minimum Gasteiger partial charge on any atom is -0.467 e. The number of furan rings is 1. The minimum absolute atomic E-state index is 0. The second kappa shape index (κ2) is 9.56. The fourth-order valence-corrected chi connectivity index (χ4v) is 4.34. The molecule has 28 heavy (non-hydrogen) atoms. The number of likely N-dealkylation sites (tertiary alicyclic amines) is 1. The summed E-state index contributed by atoms with van der Waals surface area (Å²) in [6, 6.07) is 8.41. The lowest BCUT2D eigenvalue weighted by Gasteiger charge is -2.32. The van der Waals surface area contributed by atoms with Gasteiger partial charge in [0, 0.05) is 19.6 Å². The van der Waals surface area contributed by atoms with Crippen LogP contribution in [0.2, 0.25) is 0 Å². The molecular weight excluding hydrogens is 402 g/mol. The molecule has 0 bridgehead atoms. The maximum atomic E-state index is 12.6. The van der Waals surface area contributed by atoms with E-state index in [-0.39, 0.29) is 35.7 Å². The van der Waals surface area contributed by atoms with E-state index in [2.05, 4.69) is 4.72 Å². The van der Waals surface area contributed by atoms with Crippen LogP contribution in [-0.4, -0.2) is 38.9 Å². The topological polar surface area (TPSA) is 106 Å². The van der Waals surface area contributed by atoms with E-state index in [1.54, 1.807) is 35.2 Å². The number of rotatable bonds is 6. The highest BCUT2D eigenvalue weighted by Gasteiger charge is 2.26. The van der Waals surface area contributed by atoms with Gasteiger partial charge in [-0.05, 0) is 43.9 Å². The van der Waals surface area contributed by atoms with E-state index in [0.29, 0.717) is 31.0 Å². The van der Waals surface area contributed by atoms with Gasteiger partial charge in [-0.2, -0.15) is 0 Å². The Balaban J connectivity index is 0.00000280. The van der Waals surface area contributed by atoms with Gasteiger partial charge in [0.25, 0.3) is 5.91 Å². The van der Waals surface area contributed by atoms with E-state index < -0.39 is 10.0 Å². The van der Waals surface area contributed by atoms with Gasteiger partial charge in [0.2, 0.25) is 10.0 Å². The average molecular weight is 428 g/mol. The summed E-state index contributed by atoms with van der Waals surface area (Å²) in [5.41, 5.74) is 7.01. The van der Waals surface area contributed by atoms with Crippen molar-refractivity contribution in [2.45, 2.75) is 31.2 Å². The first-order chi connectivity index (χ1) is 12.9. The normalized spacial score (nSPS) is 17.2. The SMILES string of the molecule is Cc1ccc(S(=O)(=O)NCC2CCCN(C(=O)c3coc(CN)c3)C2)cc1.Cl. The molecule has 0 radical (unpaired) electrons. The molecule has 0 aliphatic carbocycles. The number of benzene rings is 1. The zero-order valence-electron chi connectivity index (χ0n) is 15.8. The Kier molecular flexibility index (Phi) is 7.65. The molecular formula is C19H26ClN3O4S. The van der Waals surface area contributed by atoms with E-state index in [1.807, 2.05) is 6.92 Å². The Bertz CT molecular complexity index is 896. The van der Waals surface area contributed by atoms with Gasteiger partial charge in [-0.15, -0.1) is 12.4 Å². The maximum Gasteiger partial charge on any atom is 0.257 e. The summed E-state index contributed by atoms with van der Waals surface area (Å²) >= 11 is 0. The molecule has 1 amide bonds. The van der Waals surface area contributed by atoms with Gasteiger partial charge in [0.05, 0.1) is 17.0 Å². The predicted molar refractivity (Wildman–Crippen MR) is 109 cm³/mol. The fourth-order valence-electron chi connectivity index (χ4n) is 3.23. The van der Waals surface area contributed by atoms with Crippen molar-refractivity contribution in [2.75, 3.05) is 19.6 Å². The van der Waals surface area contributed by atoms with Gasteiger partial charge >= 0.3 is 0 Å². The Labute approximate surface area is 171 Å². The third-order valence-electron chi connectivity index (χ3n) is 4.80. The van der Waals surface area contributed by atoms with Crippen molar-refractivity contribution >= 4 is 28.3 Å². The first-order valence-electron chi connectivity index (χ1n) is 9.02. The molecule has 1 aliphatic rings. The van der Waals surface area contributed by atoms with Crippen molar-refractivity contribution in [3.63, 3.8) is 0 Å². The number of carbonyl (C=O) groups is 1. The van der Waals surface area contributed by atoms with E-state index in [9.17, 15) is 13.2 Å². The molecule has 3 rings (SSSR count). The van der Waals surface area contributed by atoms with Crippen LogP contribution in [-0.2, 0) is 16.6 Å². The predicted octanol–water partition coefficient (Wildman–Crippen LogP) is 2.30. The van der Waals surface area contributed by atoms with Gasteiger partial charge in [-0.1, -0.05) is 17.7 Å². The Morgan fingerprint density at radius 2 is 2.04 bits per heavy atom. The fraction of sp³-hybridized carbons (Fsp3) is 0.421. The molecule has 154 valence electrons. The summed E-state index contributed by atoms with van der Waals surface area (Å²) in [4.78, 5) is 14.6. The van der Waals surface area contributed by atoms with Crippen LogP contribution in [0.5, 0.6) is 0 Å². The average Bonchev–Trinajstić information content (AvgIpc) is 3.16. The number of sulfonamides is 1. The molecule has 3 N–H and O–H groups in total. The van der Waals surface area contributed by atoms with Crippen LogP contribution in [0.1, 0.15) is 34.5 Å². The standard InChI is InChI=1S/C19H25N3O4S.ClH/c1-14-4-6-18(7-5-14)27(24,25)21-11-15-3-2-8-22(12-15)19(23)16-9-17(10-20)26-13-16;/h4-7,9,13,15,21H,2-3,8,10-12,20H2,1H3;1H. The molecule has 2 aromatic rings. The first-order valence-corrected chi connectivity index (χ1v) is 10.5. The second-order valence-corrected chi connectivity index (χ2v) is 8.70. The van der Waals surface area contributed by atoms with E-state index in [0.717, 1.165) is 18.4 Å². The van der Waals surface area contributed by atoms with E-state index in [1.165, 1.54) is 6.26 Å². The van der Waals surface area contributed by atoms with Gasteiger partial charge in [0.15, 0.2) is 0 Å². The first kappa shape index (κ1) is 22.4. The lowest BCUT2D eigenvalue weighted by molar-refractivity contribution is 0.0675. The van der Waals surface area contributed by atoms with Gasteiger partial charge in [-0.25, -0.2) is 13.1 Å². The number of piperidine rings is 1. The van der Waals surface area contributed by atoms with Crippen molar-refractivity contribution in [1.29, 1.82) is 0 Å². The van der Waals surface area contributed by atoms with Crippen molar-refractivity contribution in [3.8, 4) is 0 Å². The highest BCUT2D eigenvalue weighted by molar-refractivity contribution is 7.89. The lowest BCUT2D eigenvalue weighted by Crippen LogP contribution is -2.43. The molecule has 1 aliphatic heterocycles. The number of aryl methyl sites for hydroxylation is 1. The number of nitrogens with zero attached hydrogens (tertiary/aromatic N) is 1. The van der Waals surface area contributed by atoms with Crippen LogP contribution >= 0.6 is 12.4 Å². The summed E-state index contributed by atoms with van der Waals surface area (Å²) < 4.78 is 32.8. The van der Waals surface area contributed by atoms with Crippen molar-refractivity contribution in [1.82, 2.24) is 9.62 Å². The quantitative estimate of drug-likeness (QED) is 0.735. The Morgan fingerprint density at radius 1 is 1.32 bits per heavy atom. The van der Waals surface area contributed by atoms with Gasteiger partial charge < -0.3 is 15.1 Å². The van der Waals surface area contributed by atoms with Crippen LogP contribution in [0.4, 0.5) is 0 Å². The summed E-state index contributed by atoms with van der Waals surface area (Å²) in [6.45, 7) is 3.63. The van der Waals surface area contributed by atoms with Crippen molar-refractivity contribution in [2.24, 2.45) is 11.7 Å². The molecule has 1 unspecified atom stereocenters. The largest absolute Gasteiger partial charge is 0.467 e. The Morgan fingerprint density at radius 3 is 2.68 bits per heavy atom. The summed E-state index contributed by atoms with van der Waals surface area (Å²) in [7, 11) is -3.55. The molecule has 0 spiro atoms. The monoisotopic (exact) mass is 427 g/mol. The van der Waals surface area contributed by atoms with Gasteiger partial charge in [0.1, 0.15) is 12.0 Å². The molecule has 1 fully saturated rings. The lowest BCUT2D eigenvalue weighted by atomic mass is 9.98. The third-order valence-corrected chi connectivity index (χ3v) is 6.24. The zero-order valence-corrected chi connectivity index (χ0v) is 17.4. The summed E-state index contributed by atoms with van der Waals surface area (Å²) in [6.07, 6.45) is 3.14. The van der Waals surface area contributed by atoms with Crippen LogP contribution in [0.25, 0.3) is 0 Å². The smallest absolute Gasteiger partial charge is 0.257 e. The molecule has 1 aromatic heterocycles. The van der Waals surface area contributed by atoms with Crippen LogP contribution < -0.4 is 10.5 Å². The minimum atomic E-state index is -3.55. The van der Waals surface area contributed by atoms with E-state index >= 15 is 0 Å². The van der Waals surface area contributed by atoms with E-state index in [4.69, 9.17) is 10.2 Å². The molecule has 1 aromatic carbocycles. The van der Waals surface area contributed by atoms with Crippen LogP contribution in [0.3, 0.4) is 0 Å². The summed E-state index contributed by atoms with van der Waals surface area (Å²) in [5.74, 6) is 0.533. The number of amides is 1. The zero-order chi connectivity index (χ0) is 19.4. The van der Waals surface area contributed by atoms with Crippen LogP contribution in [0, 0.1) is 12.8 Å². The number of nitrogens with one attached hydrogen (secondary N) is 1. The highest BCUT2D eigenvalue weighted by Crippen LogP contribution is 2.20. The maximum absolute atomic E-state index is 12.6. The number of halogens is 1. The number of hydrogen-bond donors (Lipinski definition) is 2. The number of nitrogens with two attached hydrogens (primary N) is 1. The Hall–Kier alpha value is -1.87. The molecule has 9 heteroatoms. The van der Waals surface area contributed by atoms with Crippen molar-refractivity contribution in [3.05, 3.63) is 53.5 Å². The number of hydrogen-bond acceptors (Lipinski definition) is 5. The van der Waals surface area contributed by atoms with Crippen LogP contribution in [0.15, 0.2) is 45.9 Å². The van der Waals surface area contributed by atoms with Crippen molar-refractivity contribution < 1.29 is 17.6 Å². The highest BCUT2D eigenvalue weighted by atomic mass is 35.5. The second-order valence-electron chi connectivity index (χ2n) is 6.93. The molecule has 1 saturated heterocycles. The van der Waals surface area contributed by atoms with Gasteiger partial charge in [-0.3, -0.25) is 4.79 Å². The molecule has 0 saturated carbocycles. The third kappa shape index (κ3) is 5.35.